The van der Waals surface area contributed by atoms with E-state index in [1.165, 1.54) is 19.4 Å². The van der Waals surface area contributed by atoms with Crippen LogP contribution < -0.4 is 5.32 Å². The standard InChI is InChI=1S/C17H28N2O2/c1-2-3-9-19-10-7-15(8-11-19)18-13-17(21)14-5-4-6-16(20)12-14/h4-6,12,15,17-18,20-21H,2-3,7-11,13H2,1H3. The molecule has 0 amide bonds. The van der Waals surface area contributed by atoms with Crippen LogP contribution in [0.1, 0.15) is 44.3 Å². The highest BCUT2D eigenvalue weighted by Gasteiger charge is 2.19. The zero-order chi connectivity index (χ0) is 15.1. The number of likely N-dealkylation sites (tertiary alicyclic amines) is 1. The Morgan fingerprint density at radius 3 is 2.76 bits per heavy atom. The summed E-state index contributed by atoms with van der Waals surface area (Å²) in [7, 11) is 0. The Kier molecular flexibility index (Phi) is 6.49. The number of piperidine rings is 1. The maximum absolute atomic E-state index is 10.2. The van der Waals surface area contributed by atoms with Gasteiger partial charge < -0.3 is 20.4 Å². The fourth-order valence-corrected chi connectivity index (χ4v) is 2.87. The predicted molar refractivity (Wildman–Crippen MR) is 85.4 cm³/mol. The number of nitrogens with one attached hydrogen (secondary N) is 1. The quantitative estimate of drug-likeness (QED) is 0.722. The van der Waals surface area contributed by atoms with Gasteiger partial charge in [0.15, 0.2) is 0 Å². The Labute approximate surface area is 127 Å². The highest BCUT2D eigenvalue weighted by atomic mass is 16.3. The Morgan fingerprint density at radius 1 is 1.33 bits per heavy atom. The number of benzene rings is 1. The summed E-state index contributed by atoms with van der Waals surface area (Å²) in [5, 5.41) is 23.1. The maximum Gasteiger partial charge on any atom is 0.115 e. The monoisotopic (exact) mass is 292 g/mol. The summed E-state index contributed by atoms with van der Waals surface area (Å²) in [6.07, 6.45) is 4.28. The molecule has 0 saturated carbocycles. The molecule has 0 spiro atoms. The molecular formula is C17H28N2O2. The van der Waals surface area contributed by atoms with Crippen LogP contribution in [0.3, 0.4) is 0 Å². The molecule has 1 aromatic carbocycles. The summed E-state index contributed by atoms with van der Waals surface area (Å²) < 4.78 is 0. The van der Waals surface area contributed by atoms with E-state index in [0.29, 0.717) is 12.6 Å². The number of aromatic hydroxyl groups is 1. The number of unbranched alkanes of at least 4 members (excludes halogenated alkanes) is 1. The molecule has 3 N–H and O–H groups in total. The summed E-state index contributed by atoms with van der Waals surface area (Å²) >= 11 is 0. The van der Waals surface area contributed by atoms with Crippen molar-refractivity contribution in [1.82, 2.24) is 10.2 Å². The van der Waals surface area contributed by atoms with E-state index in [4.69, 9.17) is 0 Å². The van der Waals surface area contributed by atoms with E-state index in [1.807, 2.05) is 6.07 Å². The molecule has 0 bridgehead atoms. The smallest absolute Gasteiger partial charge is 0.115 e. The number of hydrogen-bond acceptors (Lipinski definition) is 4. The number of aliphatic hydroxyl groups is 1. The summed E-state index contributed by atoms with van der Waals surface area (Å²) in [6, 6.07) is 7.35. The van der Waals surface area contributed by atoms with Crippen molar-refractivity contribution in [2.45, 2.75) is 44.8 Å². The first-order chi connectivity index (χ1) is 10.2. The number of rotatable bonds is 7. The molecule has 1 saturated heterocycles. The first-order valence-electron chi connectivity index (χ1n) is 8.11. The first-order valence-corrected chi connectivity index (χ1v) is 8.11. The Bertz CT molecular complexity index is 417. The van der Waals surface area contributed by atoms with Gasteiger partial charge in [-0.1, -0.05) is 25.5 Å². The van der Waals surface area contributed by atoms with Gasteiger partial charge in [0, 0.05) is 12.6 Å². The van der Waals surface area contributed by atoms with Gasteiger partial charge in [-0.3, -0.25) is 0 Å². The first kappa shape index (κ1) is 16.3. The number of aliphatic hydroxyl groups excluding tert-OH is 1. The minimum atomic E-state index is -0.560. The largest absolute Gasteiger partial charge is 0.508 e. The summed E-state index contributed by atoms with van der Waals surface area (Å²) in [5.41, 5.74) is 0.767. The topological polar surface area (TPSA) is 55.7 Å². The van der Waals surface area contributed by atoms with Gasteiger partial charge in [-0.15, -0.1) is 0 Å². The second kappa shape index (κ2) is 8.37. The SMILES string of the molecule is CCCCN1CCC(NCC(O)c2cccc(O)c2)CC1. The highest BCUT2D eigenvalue weighted by molar-refractivity contribution is 5.28. The molecule has 1 fully saturated rings. The van der Waals surface area contributed by atoms with Gasteiger partial charge in [0.2, 0.25) is 0 Å². The molecule has 118 valence electrons. The number of phenols is 1. The fourth-order valence-electron chi connectivity index (χ4n) is 2.87. The maximum atomic E-state index is 10.2. The molecule has 4 heteroatoms. The van der Waals surface area contributed by atoms with Gasteiger partial charge in [-0.2, -0.15) is 0 Å². The molecule has 1 unspecified atom stereocenters. The fraction of sp³-hybridized carbons (Fsp3) is 0.647. The zero-order valence-electron chi connectivity index (χ0n) is 13.0. The zero-order valence-corrected chi connectivity index (χ0v) is 13.0. The third-order valence-electron chi connectivity index (χ3n) is 4.27. The van der Waals surface area contributed by atoms with Gasteiger partial charge in [0.05, 0.1) is 6.10 Å². The van der Waals surface area contributed by atoms with Crippen molar-refractivity contribution in [2.75, 3.05) is 26.2 Å². The van der Waals surface area contributed by atoms with E-state index in [2.05, 4.69) is 17.1 Å². The van der Waals surface area contributed by atoms with Crippen LogP contribution >= 0.6 is 0 Å². The van der Waals surface area contributed by atoms with Crippen molar-refractivity contribution in [1.29, 1.82) is 0 Å². The minimum Gasteiger partial charge on any atom is -0.508 e. The van der Waals surface area contributed by atoms with Gasteiger partial charge in [0.25, 0.3) is 0 Å². The molecule has 1 aliphatic heterocycles. The van der Waals surface area contributed by atoms with Gasteiger partial charge in [-0.05, 0) is 56.6 Å². The number of nitrogens with zero attached hydrogens (tertiary/aromatic N) is 1. The normalized spacial score (nSPS) is 18.8. The Morgan fingerprint density at radius 2 is 2.10 bits per heavy atom. The lowest BCUT2D eigenvalue weighted by atomic mass is 10.0. The molecule has 1 aromatic rings. The van der Waals surface area contributed by atoms with Gasteiger partial charge >= 0.3 is 0 Å². The van der Waals surface area contributed by atoms with Crippen molar-refractivity contribution in [3.8, 4) is 5.75 Å². The molecule has 0 aromatic heterocycles. The van der Waals surface area contributed by atoms with Crippen LogP contribution in [0.15, 0.2) is 24.3 Å². The molecule has 4 nitrogen and oxygen atoms in total. The lowest BCUT2D eigenvalue weighted by molar-refractivity contribution is 0.150. The van der Waals surface area contributed by atoms with E-state index in [1.54, 1.807) is 18.2 Å². The molecular weight excluding hydrogens is 264 g/mol. The minimum absolute atomic E-state index is 0.204. The van der Waals surface area contributed by atoms with E-state index >= 15 is 0 Å². The van der Waals surface area contributed by atoms with Crippen molar-refractivity contribution in [3.05, 3.63) is 29.8 Å². The van der Waals surface area contributed by atoms with Gasteiger partial charge in [0.1, 0.15) is 5.75 Å². The van der Waals surface area contributed by atoms with E-state index in [0.717, 1.165) is 31.5 Å². The van der Waals surface area contributed by atoms with Crippen LogP contribution in [0.2, 0.25) is 0 Å². The lowest BCUT2D eigenvalue weighted by Gasteiger charge is -2.32. The molecule has 1 heterocycles. The van der Waals surface area contributed by atoms with E-state index in [-0.39, 0.29) is 5.75 Å². The summed E-state index contributed by atoms with van der Waals surface area (Å²) in [5.74, 6) is 0.204. The predicted octanol–water partition coefficient (Wildman–Crippen LogP) is 2.28. The van der Waals surface area contributed by atoms with Crippen molar-refractivity contribution < 1.29 is 10.2 Å². The third kappa shape index (κ3) is 5.30. The molecule has 1 aliphatic rings. The van der Waals surface area contributed by atoms with Crippen LogP contribution in [0, 0.1) is 0 Å². The van der Waals surface area contributed by atoms with Crippen LogP contribution in [0.4, 0.5) is 0 Å². The molecule has 21 heavy (non-hydrogen) atoms. The molecule has 2 rings (SSSR count). The van der Waals surface area contributed by atoms with E-state index in [9.17, 15) is 10.2 Å². The van der Waals surface area contributed by atoms with E-state index < -0.39 is 6.10 Å². The average Bonchev–Trinajstić information content (AvgIpc) is 2.51. The number of phenolic OH excluding ortho intramolecular Hbond substituents is 1. The van der Waals surface area contributed by atoms with Crippen molar-refractivity contribution in [2.24, 2.45) is 0 Å². The molecule has 1 atom stereocenters. The van der Waals surface area contributed by atoms with Crippen LogP contribution in [0.25, 0.3) is 0 Å². The molecule has 0 radical (unpaired) electrons. The number of hydrogen-bond donors (Lipinski definition) is 3. The average molecular weight is 292 g/mol. The van der Waals surface area contributed by atoms with Crippen LogP contribution in [-0.4, -0.2) is 47.3 Å². The lowest BCUT2D eigenvalue weighted by Crippen LogP contribution is -2.43. The van der Waals surface area contributed by atoms with Gasteiger partial charge in [-0.25, -0.2) is 0 Å². The second-order valence-electron chi connectivity index (χ2n) is 5.99. The highest BCUT2D eigenvalue weighted by Crippen LogP contribution is 2.18. The third-order valence-corrected chi connectivity index (χ3v) is 4.27. The van der Waals surface area contributed by atoms with Crippen LogP contribution in [0.5, 0.6) is 5.75 Å². The van der Waals surface area contributed by atoms with Crippen molar-refractivity contribution >= 4 is 0 Å². The molecule has 0 aliphatic carbocycles. The Hall–Kier alpha value is -1.10. The summed E-state index contributed by atoms with van der Waals surface area (Å²) in [6.45, 7) is 6.30. The van der Waals surface area contributed by atoms with Crippen molar-refractivity contribution in [3.63, 3.8) is 0 Å². The Balaban J connectivity index is 1.69. The van der Waals surface area contributed by atoms with Crippen LogP contribution in [-0.2, 0) is 0 Å². The second-order valence-corrected chi connectivity index (χ2v) is 5.99. The summed E-state index contributed by atoms with van der Waals surface area (Å²) in [4.78, 5) is 2.54.